The molecule has 0 radical (unpaired) electrons. The highest BCUT2D eigenvalue weighted by atomic mass is 15.3. The molecule has 0 bridgehead atoms. The SMILES string of the molecule is CC1CC(C)C(N2CC3CCCN3CC2C)C(N)C1. The first-order valence-corrected chi connectivity index (χ1v) is 8.31. The van der Waals surface area contributed by atoms with E-state index in [0.29, 0.717) is 18.1 Å². The average Bonchev–Trinajstić information content (AvgIpc) is 2.74. The first-order valence-electron chi connectivity index (χ1n) is 8.31. The summed E-state index contributed by atoms with van der Waals surface area (Å²) >= 11 is 0. The summed E-state index contributed by atoms with van der Waals surface area (Å²) in [6, 6.07) is 2.50. The van der Waals surface area contributed by atoms with Crippen LogP contribution < -0.4 is 5.73 Å². The number of nitrogens with two attached hydrogens (primary N) is 1. The number of hydrogen-bond donors (Lipinski definition) is 1. The molecule has 0 aromatic rings. The quantitative estimate of drug-likeness (QED) is 0.786. The summed E-state index contributed by atoms with van der Waals surface area (Å²) in [4.78, 5) is 5.48. The summed E-state index contributed by atoms with van der Waals surface area (Å²) in [6.45, 7) is 11.0. The van der Waals surface area contributed by atoms with Crippen molar-refractivity contribution in [3.8, 4) is 0 Å². The third kappa shape index (κ3) is 2.57. The van der Waals surface area contributed by atoms with Gasteiger partial charge in [-0.2, -0.15) is 0 Å². The Kier molecular flexibility index (Phi) is 3.89. The molecule has 0 aromatic heterocycles. The molecule has 0 aromatic carbocycles. The molecule has 19 heavy (non-hydrogen) atoms. The minimum atomic E-state index is 0.383. The second kappa shape index (κ2) is 5.34. The lowest BCUT2D eigenvalue weighted by Crippen LogP contribution is -2.64. The van der Waals surface area contributed by atoms with E-state index >= 15 is 0 Å². The number of nitrogens with zero attached hydrogens (tertiary/aromatic N) is 2. The molecule has 0 amide bonds. The van der Waals surface area contributed by atoms with Gasteiger partial charge in [0.05, 0.1) is 0 Å². The average molecular weight is 265 g/mol. The van der Waals surface area contributed by atoms with Crippen molar-refractivity contribution < 1.29 is 0 Å². The van der Waals surface area contributed by atoms with Gasteiger partial charge >= 0.3 is 0 Å². The lowest BCUT2D eigenvalue weighted by Gasteiger charge is -2.51. The highest BCUT2D eigenvalue weighted by Crippen LogP contribution is 2.35. The maximum atomic E-state index is 6.53. The van der Waals surface area contributed by atoms with Gasteiger partial charge in [-0.3, -0.25) is 9.80 Å². The van der Waals surface area contributed by atoms with Crippen molar-refractivity contribution in [1.82, 2.24) is 9.80 Å². The molecule has 2 heterocycles. The Labute approximate surface area is 118 Å². The molecule has 2 N–H and O–H groups in total. The summed E-state index contributed by atoms with van der Waals surface area (Å²) in [6.07, 6.45) is 5.37. The van der Waals surface area contributed by atoms with E-state index in [1.807, 2.05) is 0 Å². The maximum absolute atomic E-state index is 6.53. The normalized spacial score (nSPS) is 49.3. The first-order chi connectivity index (χ1) is 9.06. The molecule has 110 valence electrons. The van der Waals surface area contributed by atoms with E-state index in [-0.39, 0.29) is 0 Å². The predicted octanol–water partition coefficient (Wildman–Crippen LogP) is 1.92. The standard InChI is InChI=1S/C16H31N3/c1-11-7-12(2)16(15(17)8-11)19-10-14-5-4-6-18(14)9-13(19)3/h11-16H,4-10,17H2,1-3H3. The van der Waals surface area contributed by atoms with E-state index in [0.717, 1.165) is 17.9 Å². The molecule has 3 fully saturated rings. The van der Waals surface area contributed by atoms with E-state index < -0.39 is 0 Å². The van der Waals surface area contributed by atoms with E-state index in [4.69, 9.17) is 5.73 Å². The summed E-state index contributed by atoms with van der Waals surface area (Å²) in [5.74, 6) is 1.57. The summed E-state index contributed by atoms with van der Waals surface area (Å²) < 4.78 is 0. The molecular formula is C16H31N3. The molecule has 2 saturated heterocycles. The van der Waals surface area contributed by atoms with E-state index in [1.165, 1.54) is 45.3 Å². The van der Waals surface area contributed by atoms with Crippen LogP contribution in [0.2, 0.25) is 0 Å². The minimum absolute atomic E-state index is 0.383. The molecule has 6 unspecified atom stereocenters. The van der Waals surface area contributed by atoms with Gasteiger partial charge in [0.1, 0.15) is 0 Å². The lowest BCUT2D eigenvalue weighted by atomic mass is 9.75. The summed E-state index contributed by atoms with van der Waals surface area (Å²) in [5, 5.41) is 0. The fourth-order valence-corrected chi connectivity index (χ4v) is 5.09. The Morgan fingerprint density at radius 2 is 1.84 bits per heavy atom. The Bertz CT molecular complexity index is 307. The van der Waals surface area contributed by atoms with Crippen molar-refractivity contribution in [3.05, 3.63) is 0 Å². The van der Waals surface area contributed by atoms with Crippen molar-refractivity contribution in [2.45, 2.75) is 70.6 Å². The van der Waals surface area contributed by atoms with Crippen molar-refractivity contribution >= 4 is 0 Å². The Morgan fingerprint density at radius 1 is 1.05 bits per heavy atom. The topological polar surface area (TPSA) is 32.5 Å². The number of fused-ring (bicyclic) bond motifs is 1. The van der Waals surface area contributed by atoms with E-state index in [2.05, 4.69) is 30.6 Å². The van der Waals surface area contributed by atoms with Crippen LogP contribution in [0.5, 0.6) is 0 Å². The second-order valence-corrected chi connectivity index (χ2v) is 7.55. The number of piperazine rings is 1. The Morgan fingerprint density at radius 3 is 2.58 bits per heavy atom. The third-order valence-corrected chi connectivity index (χ3v) is 5.84. The molecule has 1 aliphatic carbocycles. The van der Waals surface area contributed by atoms with Crippen LogP contribution in [-0.2, 0) is 0 Å². The second-order valence-electron chi connectivity index (χ2n) is 7.55. The Hall–Kier alpha value is -0.120. The van der Waals surface area contributed by atoms with Crippen LogP contribution in [-0.4, -0.2) is 53.6 Å². The van der Waals surface area contributed by atoms with Crippen LogP contribution in [0.3, 0.4) is 0 Å². The summed E-state index contributed by atoms with van der Waals surface area (Å²) in [5.41, 5.74) is 6.53. The van der Waals surface area contributed by atoms with Crippen molar-refractivity contribution in [1.29, 1.82) is 0 Å². The highest BCUT2D eigenvalue weighted by molar-refractivity contribution is 4.99. The molecule has 3 heteroatoms. The molecule has 2 aliphatic heterocycles. The van der Waals surface area contributed by atoms with E-state index in [9.17, 15) is 0 Å². The fraction of sp³-hybridized carbons (Fsp3) is 1.00. The molecule has 3 aliphatic rings. The zero-order valence-electron chi connectivity index (χ0n) is 12.9. The van der Waals surface area contributed by atoms with Gasteiger partial charge in [-0.05, 0) is 51.0 Å². The zero-order valence-corrected chi connectivity index (χ0v) is 12.9. The first kappa shape index (κ1) is 13.8. The minimum Gasteiger partial charge on any atom is -0.326 e. The largest absolute Gasteiger partial charge is 0.326 e. The fourth-order valence-electron chi connectivity index (χ4n) is 5.09. The van der Waals surface area contributed by atoms with Crippen LogP contribution >= 0.6 is 0 Å². The van der Waals surface area contributed by atoms with Crippen LogP contribution in [0.15, 0.2) is 0 Å². The molecule has 1 saturated carbocycles. The number of hydrogen-bond acceptors (Lipinski definition) is 3. The lowest BCUT2D eigenvalue weighted by molar-refractivity contribution is -0.0162. The van der Waals surface area contributed by atoms with Crippen molar-refractivity contribution in [2.75, 3.05) is 19.6 Å². The van der Waals surface area contributed by atoms with Crippen LogP contribution in [0.1, 0.15) is 46.5 Å². The van der Waals surface area contributed by atoms with E-state index in [1.54, 1.807) is 0 Å². The number of rotatable bonds is 1. The van der Waals surface area contributed by atoms with Gasteiger partial charge in [0.2, 0.25) is 0 Å². The predicted molar refractivity (Wildman–Crippen MR) is 80.1 cm³/mol. The van der Waals surface area contributed by atoms with Crippen molar-refractivity contribution in [3.63, 3.8) is 0 Å². The molecular weight excluding hydrogens is 234 g/mol. The van der Waals surface area contributed by atoms with Crippen molar-refractivity contribution in [2.24, 2.45) is 17.6 Å². The van der Waals surface area contributed by atoms with Crippen LogP contribution in [0.25, 0.3) is 0 Å². The van der Waals surface area contributed by atoms with Gasteiger partial charge in [0.15, 0.2) is 0 Å². The smallest absolute Gasteiger partial charge is 0.0276 e. The van der Waals surface area contributed by atoms with Gasteiger partial charge in [-0.25, -0.2) is 0 Å². The van der Waals surface area contributed by atoms with Crippen LogP contribution in [0.4, 0.5) is 0 Å². The van der Waals surface area contributed by atoms with Crippen LogP contribution in [0, 0.1) is 11.8 Å². The zero-order chi connectivity index (χ0) is 13.6. The Balaban J connectivity index is 1.73. The van der Waals surface area contributed by atoms with Gasteiger partial charge < -0.3 is 5.73 Å². The van der Waals surface area contributed by atoms with Gasteiger partial charge in [0.25, 0.3) is 0 Å². The molecule has 3 rings (SSSR count). The van der Waals surface area contributed by atoms with Gasteiger partial charge in [-0.15, -0.1) is 0 Å². The molecule has 0 spiro atoms. The third-order valence-electron chi connectivity index (χ3n) is 5.84. The van der Waals surface area contributed by atoms with Gasteiger partial charge in [0, 0.05) is 37.3 Å². The monoisotopic (exact) mass is 265 g/mol. The maximum Gasteiger partial charge on any atom is 0.0276 e. The molecule has 6 atom stereocenters. The molecule has 3 nitrogen and oxygen atoms in total. The van der Waals surface area contributed by atoms with Gasteiger partial charge in [-0.1, -0.05) is 13.8 Å². The summed E-state index contributed by atoms with van der Waals surface area (Å²) in [7, 11) is 0. The highest BCUT2D eigenvalue weighted by Gasteiger charge is 2.42.